The minimum absolute atomic E-state index is 0.0994. The summed E-state index contributed by atoms with van der Waals surface area (Å²) in [5.74, 6) is 0. The Labute approximate surface area is 370 Å². The van der Waals surface area contributed by atoms with Crippen molar-refractivity contribution in [3.8, 4) is 33.4 Å². The van der Waals surface area contributed by atoms with E-state index in [-0.39, 0.29) is 21.7 Å². The summed E-state index contributed by atoms with van der Waals surface area (Å²) < 4.78 is 0. The Kier molecular flexibility index (Phi) is 8.27. The van der Waals surface area contributed by atoms with E-state index >= 15 is 0 Å². The molecule has 308 valence electrons. The summed E-state index contributed by atoms with van der Waals surface area (Å²) in [5.41, 5.74) is 29.2. The fourth-order valence-corrected chi connectivity index (χ4v) is 12.5. The van der Waals surface area contributed by atoms with Gasteiger partial charge in [-0.1, -0.05) is 157 Å². The lowest BCUT2D eigenvalue weighted by molar-refractivity contribution is 0.332. The molecule has 3 heteroatoms. The first-order valence-corrected chi connectivity index (χ1v) is 22.9. The predicted octanol–water partition coefficient (Wildman–Crippen LogP) is 14.2. The van der Waals surface area contributed by atoms with E-state index in [1.807, 2.05) is 0 Å². The third-order valence-electron chi connectivity index (χ3n) is 15.8. The van der Waals surface area contributed by atoms with E-state index in [2.05, 4.69) is 208 Å². The largest absolute Gasteiger partial charge is 0.355 e. The van der Waals surface area contributed by atoms with Crippen LogP contribution in [-0.2, 0) is 21.7 Å². The SMILES string of the molecule is Cc1cc(C)c(-c2cc(-c3ccc4c(c3Nc3ccc5c(c3)C(C)(C)CCC5(C)C)C(C)(C)c3ccccc3-4)c3c(c2)N2c4ccccc4C(C)(C)c4cccc(c42)B3)c(C)c1. The van der Waals surface area contributed by atoms with Crippen molar-refractivity contribution in [2.24, 2.45) is 0 Å². The van der Waals surface area contributed by atoms with Crippen LogP contribution in [0.15, 0.2) is 121 Å². The fraction of sp³-hybridized carbons (Fsp3) is 0.288. The van der Waals surface area contributed by atoms with Crippen LogP contribution in [0.1, 0.15) is 118 Å². The molecule has 0 fully saturated rings. The van der Waals surface area contributed by atoms with Gasteiger partial charge >= 0.3 is 0 Å². The van der Waals surface area contributed by atoms with Gasteiger partial charge in [0.2, 0.25) is 0 Å². The zero-order chi connectivity index (χ0) is 43.2. The van der Waals surface area contributed by atoms with E-state index in [1.54, 1.807) is 0 Å². The summed E-state index contributed by atoms with van der Waals surface area (Å²) in [4.78, 5) is 2.63. The molecule has 0 bridgehead atoms. The molecule has 11 rings (SSSR count). The van der Waals surface area contributed by atoms with Gasteiger partial charge in [-0.3, -0.25) is 0 Å². The van der Waals surface area contributed by atoms with Crippen LogP contribution in [0.5, 0.6) is 0 Å². The highest BCUT2D eigenvalue weighted by molar-refractivity contribution is 6.73. The van der Waals surface area contributed by atoms with Gasteiger partial charge in [-0.25, -0.2) is 0 Å². The number of nitrogens with zero attached hydrogens (tertiary/aromatic N) is 1. The molecule has 62 heavy (non-hydrogen) atoms. The van der Waals surface area contributed by atoms with E-state index < -0.39 is 0 Å². The van der Waals surface area contributed by atoms with Crippen molar-refractivity contribution < 1.29 is 0 Å². The summed E-state index contributed by atoms with van der Waals surface area (Å²) in [6.07, 6.45) is 2.38. The van der Waals surface area contributed by atoms with Gasteiger partial charge in [0.15, 0.2) is 7.28 Å². The number of fused-ring (bicyclic) bond motifs is 8. The standard InChI is InChI=1S/C59H59BN2/c1-34-29-35(2)51(36(3)30-34)37-31-42(53-50(32-37)62-49-22-15-14-19-45(49)58(8,9)46-20-16-21-48(60-53)55(46)62)41-25-24-40-39-17-12-13-18-43(39)59(10,11)52(40)54(41)61-38-23-26-44-47(33-38)57(6,7)28-27-56(44,4)5/h12-26,29-33,60-61H,27-28H2,1-11H3. The summed E-state index contributed by atoms with van der Waals surface area (Å²) >= 11 is 0. The summed E-state index contributed by atoms with van der Waals surface area (Å²) in [5, 5.41) is 4.25. The van der Waals surface area contributed by atoms with E-state index in [1.165, 1.54) is 130 Å². The summed E-state index contributed by atoms with van der Waals surface area (Å²) in [6.45, 7) is 26.2. The van der Waals surface area contributed by atoms with E-state index in [4.69, 9.17) is 0 Å². The monoisotopic (exact) mass is 806 g/mol. The molecule has 7 aromatic carbocycles. The number of para-hydroxylation sites is 2. The first-order chi connectivity index (χ1) is 29.5. The highest BCUT2D eigenvalue weighted by Gasteiger charge is 2.43. The molecule has 4 aliphatic rings. The minimum Gasteiger partial charge on any atom is -0.355 e. The summed E-state index contributed by atoms with van der Waals surface area (Å²) in [6, 6.07) is 47.2. The number of nitrogens with one attached hydrogen (secondary N) is 1. The van der Waals surface area contributed by atoms with Gasteiger partial charge in [0.25, 0.3) is 0 Å². The van der Waals surface area contributed by atoms with Gasteiger partial charge in [0, 0.05) is 33.5 Å². The Hall–Kier alpha value is -5.80. The van der Waals surface area contributed by atoms with E-state index in [9.17, 15) is 0 Å². The fourth-order valence-electron chi connectivity index (χ4n) is 12.5. The quantitative estimate of drug-likeness (QED) is 0.178. The van der Waals surface area contributed by atoms with Crippen LogP contribution in [-0.4, -0.2) is 7.28 Å². The van der Waals surface area contributed by atoms with Crippen LogP contribution in [0.3, 0.4) is 0 Å². The Morgan fingerprint density at radius 1 is 0.516 bits per heavy atom. The highest BCUT2D eigenvalue weighted by Crippen LogP contribution is 2.57. The molecule has 2 aliphatic heterocycles. The Balaban J connectivity index is 1.22. The predicted molar refractivity (Wildman–Crippen MR) is 267 cm³/mol. The van der Waals surface area contributed by atoms with Crippen LogP contribution in [0.25, 0.3) is 33.4 Å². The second kappa shape index (κ2) is 13.1. The van der Waals surface area contributed by atoms with E-state index in [0.29, 0.717) is 0 Å². The van der Waals surface area contributed by atoms with Crippen LogP contribution >= 0.6 is 0 Å². The highest BCUT2D eigenvalue weighted by atomic mass is 15.2. The molecule has 0 amide bonds. The zero-order valence-corrected chi connectivity index (χ0v) is 38.6. The second-order valence-corrected chi connectivity index (χ2v) is 21.5. The zero-order valence-electron chi connectivity index (χ0n) is 38.6. The molecular formula is C59H59BN2. The first kappa shape index (κ1) is 39.1. The van der Waals surface area contributed by atoms with Gasteiger partial charge in [0.05, 0.1) is 11.4 Å². The van der Waals surface area contributed by atoms with Crippen molar-refractivity contribution in [2.45, 2.75) is 111 Å². The van der Waals surface area contributed by atoms with Crippen LogP contribution < -0.4 is 21.1 Å². The Morgan fingerprint density at radius 2 is 1.18 bits per heavy atom. The van der Waals surface area contributed by atoms with Gasteiger partial charge in [-0.05, 0) is 153 Å². The lowest BCUT2D eigenvalue weighted by Gasteiger charge is -2.46. The topological polar surface area (TPSA) is 15.3 Å². The number of benzene rings is 7. The minimum atomic E-state index is -0.222. The molecule has 0 radical (unpaired) electrons. The van der Waals surface area contributed by atoms with Crippen molar-refractivity contribution in [2.75, 3.05) is 10.2 Å². The van der Waals surface area contributed by atoms with E-state index in [0.717, 1.165) is 13.0 Å². The summed E-state index contributed by atoms with van der Waals surface area (Å²) in [7, 11) is 0.858. The van der Waals surface area contributed by atoms with Crippen molar-refractivity contribution in [1.82, 2.24) is 0 Å². The van der Waals surface area contributed by atoms with Crippen LogP contribution in [0.4, 0.5) is 28.4 Å². The number of anilines is 5. The van der Waals surface area contributed by atoms with Gasteiger partial charge < -0.3 is 10.2 Å². The number of aryl methyl sites for hydroxylation is 3. The third-order valence-corrected chi connectivity index (χ3v) is 15.8. The number of hydrogen-bond donors (Lipinski definition) is 1. The van der Waals surface area contributed by atoms with Crippen molar-refractivity contribution in [3.05, 3.63) is 171 Å². The second-order valence-electron chi connectivity index (χ2n) is 21.5. The van der Waals surface area contributed by atoms with Gasteiger partial charge in [0.1, 0.15) is 0 Å². The average Bonchev–Trinajstić information content (AvgIpc) is 3.47. The van der Waals surface area contributed by atoms with Crippen LogP contribution in [0.2, 0.25) is 0 Å². The molecule has 0 spiro atoms. The lowest BCUT2D eigenvalue weighted by atomic mass is 9.55. The molecule has 2 aliphatic carbocycles. The Morgan fingerprint density at radius 3 is 1.94 bits per heavy atom. The maximum atomic E-state index is 4.25. The van der Waals surface area contributed by atoms with Crippen molar-refractivity contribution >= 4 is 46.6 Å². The van der Waals surface area contributed by atoms with Crippen molar-refractivity contribution in [3.63, 3.8) is 0 Å². The van der Waals surface area contributed by atoms with Crippen LogP contribution in [0, 0.1) is 20.8 Å². The lowest BCUT2D eigenvalue weighted by Crippen LogP contribution is -2.45. The first-order valence-electron chi connectivity index (χ1n) is 22.9. The molecule has 0 unspecified atom stereocenters. The van der Waals surface area contributed by atoms with Gasteiger partial charge in [-0.2, -0.15) is 0 Å². The molecule has 1 N–H and O–H groups in total. The maximum absolute atomic E-state index is 4.25. The third kappa shape index (κ3) is 5.49. The molecule has 2 nitrogen and oxygen atoms in total. The molecule has 0 saturated carbocycles. The number of rotatable bonds is 4. The molecule has 7 aromatic rings. The Bertz CT molecular complexity index is 3040. The average molecular weight is 807 g/mol. The number of hydrogen-bond acceptors (Lipinski definition) is 2. The molecule has 0 saturated heterocycles. The molecule has 0 atom stereocenters. The van der Waals surface area contributed by atoms with Crippen molar-refractivity contribution in [1.29, 1.82) is 0 Å². The normalized spacial score (nSPS) is 17.4. The maximum Gasteiger partial charge on any atom is 0.198 e. The molecule has 2 heterocycles. The molecular weight excluding hydrogens is 747 g/mol. The smallest absolute Gasteiger partial charge is 0.198 e. The van der Waals surface area contributed by atoms with Gasteiger partial charge in [-0.15, -0.1) is 0 Å². The molecule has 0 aromatic heterocycles.